The van der Waals surface area contributed by atoms with Crippen LogP contribution in [0.4, 0.5) is 0 Å². The molecule has 2 aliphatic rings. The van der Waals surface area contributed by atoms with E-state index >= 15 is 0 Å². The number of ether oxygens (including phenoxy) is 1. The zero-order chi connectivity index (χ0) is 20.8. The summed E-state index contributed by atoms with van der Waals surface area (Å²) in [6.07, 6.45) is 2.81. The maximum Gasteiger partial charge on any atom is 0.244 e. The quantitative estimate of drug-likeness (QED) is 0.831. The largest absolute Gasteiger partial charge is 0.457 e. The number of carbonyl (C=O) groups is 1. The first-order valence-corrected chi connectivity index (χ1v) is 10.1. The lowest BCUT2D eigenvalue weighted by Gasteiger charge is -2.32. The number of carbonyl (C=O) groups excluding carboxylic acids is 1. The molecule has 29 heavy (non-hydrogen) atoms. The lowest BCUT2D eigenvalue weighted by molar-refractivity contribution is -0.130. The summed E-state index contributed by atoms with van der Waals surface area (Å²) in [6, 6.07) is 13.5. The Kier molecular flexibility index (Phi) is 4.97. The van der Waals surface area contributed by atoms with Crippen molar-refractivity contribution in [2.75, 3.05) is 13.6 Å². The van der Waals surface area contributed by atoms with Gasteiger partial charge in [-0.25, -0.2) is 0 Å². The molecule has 2 unspecified atom stereocenters. The second kappa shape index (κ2) is 7.32. The van der Waals surface area contributed by atoms with Crippen LogP contribution in [-0.4, -0.2) is 35.5 Å². The van der Waals surface area contributed by atoms with Gasteiger partial charge in [-0.2, -0.15) is 0 Å². The molecule has 0 bridgehead atoms. The van der Waals surface area contributed by atoms with Gasteiger partial charge in [0.1, 0.15) is 11.5 Å². The molecule has 5 nitrogen and oxygen atoms in total. The molecule has 2 aliphatic heterocycles. The van der Waals surface area contributed by atoms with Gasteiger partial charge in [0, 0.05) is 24.7 Å². The highest BCUT2D eigenvalue weighted by Gasteiger charge is 2.41. The van der Waals surface area contributed by atoms with Gasteiger partial charge in [-0.1, -0.05) is 23.8 Å². The highest BCUT2D eigenvalue weighted by atomic mass is 16.5. The van der Waals surface area contributed by atoms with Crippen molar-refractivity contribution in [3.8, 4) is 11.5 Å². The van der Waals surface area contributed by atoms with Crippen LogP contribution in [0.1, 0.15) is 37.0 Å². The van der Waals surface area contributed by atoms with E-state index in [4.69, 9.17) is 4.74 Å². The molecule has 2 aromatic carbocycles. The minimum atomic E-state index is -0.971. The number of fused-ring (bicyclic) bond motifs is 1. The number of hydrogen-bond donors (Lipinski definition) is 2. The van der Waals surface area contributed by atoms with Gasteiger partial charge in [-0.15, -0.1) is 0 Å². The van der Waals surface area contributed by atoms with E-state index in [1.165, 1.54) is 5.56 Å². The summed E-state index contributed by atoms with van der Waals surface area (Å²) in [5, 5.41) is 13.9. The molecule has 2 N–H and O–H groups in total. The van der Waals surface area contributed by atoms with E-state index in [1.807, 2.05) is 55.6 Å². The fourth-order valence-corrected chi connectivity index (χ4v) is 4.11. The average Bonchev–Trinajstić information content (AvgIpc) is 3.16. The maximum absolute atomic E-state index is 12.6. The van der Waals surface area contributed by atoms with E-state index in [9.17, 15) is 9.90 Å². The smallest absolute Gasteiger partial charge is 0.244 e. The third kappa shape index (κ3) is 3.80. The fourth-order valence-electron chi connectivity index (χ4n) is 4.11. The van der Waals surface area contributed by atoms with E-state index in [0.29, 0.717) is 0 Å². The number of benzene rings is 2. The first kappa shape index (κ1) is 19.7. The highest BCUT2D eigenvalue weighted by Crippen LogP contribution is 2.42. The van der Waals surface area contributed by atoms with Gasteiger partial charge in [-0.3, -0.25) is 4.79 Å². The van der Waals surface area contributed by atoms with Crippen LogP contribution in [0.3, 0.4) is 0 Å². The Morgan fingerprint density at radius 3 is 2.59 bits per heavy atom. The monoisotopic (exact) mass is 392 g/mol. The van der Waals surface area contributed by atoms with Gasteiger partial charge in [0.05, 0.1) is 11.6 Å². The molecule has 0 saturated carbocycles. The zero-order valence-corrected chi connectivity index (χ0v) is 17.4. The molecule has 1 saturated heterocycles. The Bertz CT molecular complexity index is 957. The molecule has 0 aliphatic carbocycles. The van der Waals surface area contributed by atoms with E-state index in [-0.39, 0.29) is 17.9 Å². The van der Waals surface area contributed by atoms with Crippen LogP contribution in [0, 0.1) is 12.8 Å². The first-order chi connectivity index (χ1) is 13.7. The van der Waals surface area contributed by atoms with Crippen LogP contribution in [0.2, 0.25) is 0 Å². The number of hydrogen-bond acceptors (Lipinski definition) is 4. The number of likely N-dealkylation sites (N-methyl/N-ethyl adjacent to an activating group) is 1. The molecule has 1 fully saturated rings. The van der Waals surface area contributed by atoms with Gasteiger partial charge in [0.25, 0.3) is 0 Å². The molecular weight excluding hydrogens is 364 g/mol. The summed E-state index contributed by atoms with van der Waals surface area (Å²) >= 11 is 0. The number of amides is 1. The Morgan fingerprint density at radius 1 is 1.17 bits per heavy atom. The normalized spacial score (nSPS) is 21.8. The lowest BCUT2D eigenvalue weighted by Crippen LogP contribution is -2.46. The minimum absolute atomic E-state index is 0.0934. The highest BCUT2D eigenvalue weighted by molar-refractivity contribution is 5.91. The predicted molar refractivity (Wildman–Crippen MR) is 114 cm³/mol. The zero-order valence-electron chi connectivity index (χ0n) is 17.4. The second-order valence-corrected chi connectivity index (χ2v) is 8.55. The molecule has 0 radical (unpaired) electrons. The molecule has 152 valence electrons. The van der Waals surface area contributed by atoms with Crippen molar-refractivity contribution in [3.05, 3.63) is 65.4 Å². The fraction of sp³-hybridized carbons (Fsp3) is 0.375. The van der Waals surface area contributed by atoms with Crippen LogP contribution in [0.15, 0.2) is 48.7 Å². The van der Waals surface area contributed by atoms with Gasteiger partial charge >= 0.3 is 0 Å². The van der Waals surface area contributed by atoms with Crippen LogP contribution < -0.4 is 10.1 Å². The van der Waals surface area contributed by atoms with Crippen LogP contribution in [-0.2, 0) is 10.4 Å². The van der Waals surface area contributed by atoms with Gasteiger partial charge in [0.15, 0.2) is 0 Å². The van der Waals surface area contributed by atoms with Crippen LogP contribution in [0.25, 0.3) is 5.57 Å². The Balaban J connectivity index is 1.81. The van der Waals surface area contributed by atoms with Crippen molar-refractivity contribution in [1.29, 1.82) is 0 Å². The van der Waals surface area contributed by atoms with Crippen LogP contribution >= 0.6 is 0 Å². The van der Waals surface area contributed by atoms with Gasteiger partial charge in [-0.05, 0) is 69.1 Å². The average molecular weight is 392 g/mol. The topological polar surface area (TPSA) is 61.8 Å². The SMILES string of the molecule is Cc1ccc(Oc2ccc(C(C)(C)O)cc2C2=CN(C)C(=O)C3NCCC23)cc1. The molecule has 4 rings (SSSR count). The Labute approximate surface area is 172 Å². The number of nitrogens with one attached hydrogen (secondary N) is 1. The molecular formula is C24H28N2O3. The van der Waals surface area contributed by atoms with Crippen molar-refractivity contribution in [2.24, 2.45) is 5.92 Å². The van der Waals surface area contributed by atoms with Crippen molar-refractivity contribution >= 4 is 11.5 Å². The predicted octanol–water partition coefficient (Wildman–Crippen LogP) is 3.81. The third-order valence-electron chi connectivity index (χ3n) is 5.81. The first-order valence-electron chi connectivity index (χ1n) is 10.1. The van der Waals surface area contributed by atoms with E-state index in [2.05, 4.69) is 5.32 Å². The molecule has 5 heteroatoms. The summed E-state index contributed by atoms with van der Waals surface area (Å²) in [7, 11) is 1.79. The molecule has 2 heterocycles. The lowest BCUT2D eigenvalue weighted by atomic mass is 9.82. The standard InChI is InChI=1S/C24H28N2O3/c1-15-5-8-17(9-6-15)29-21-10-7-16(24(2,3)28)13-19(21)20-14-26(4)23(27)22-18(20)11-12-25-22/h5-10,13-14,18,22,25,28H,11-12H2,1-4H3. The van der Waals surface area contributed by atoms with Crippen LogP contribution in [0.5, 0.6) is 11.5 Å². The third-order valence-corrected chi connectivity index (χ3v) is 5.81. The van der Waals surface area contributed by atoms with Crippen molar-refractivity contribution in [1.82, 2.24) is 10.2 Å². The molecule has 2 atom stereocenters. The Morgan fingerprint density at radius 2 is 1.90 bits per heavy atom. The second-order valence-electron chi connectivity index (χ2n) is 8.55. The molecule has 2 aromatic rings. The maximum atomic E-state index is 12.6. The summed E-state index contributed by atoms with van der Waals surface area (Å²) in [4.78, 5) is 14.2. The number of nitrogens with zero attached hydrogens (tertiary/aromatic N) is 1. The summed E-state index contributed by atoms with van der Waals surface area (Å²) < 4.78 is 6.25. The molecule has 1 amide bonds. The molecule has 0 aromatic heterocycles. The van der Waals surface area contributed by atoms with Gasteiger partial charge < -0.3 is 20.1 Å². The number of aliphatic hydroxyl groups is 1. The Hall–Kier alpha value is -2.63. The van der Waals surface area contributed by atoms with E-state index in [0.717, 1.165) is 41.2 Å². The van der Waals surface area contributed by atoms with Crippen molar-refractivity contribution < 1.29 is 14.6 Å². The van der Waals surface area contributed by atoms with E-state index < -0.39 is 5.60 Å². The van der Waals surface area contributed by atoms with Crippen molar-refractivity contribution in [3.63, 3.8) is 0 Å². The minimum Gasteiger partial charge on any atom is -0.457 e. The number of rotatable bonds is 4. The number of aryl methyl sites for hydroxylation is 1. The molecule has 0 spiro atoms. The summed E-state index contributed by atoms with van der Waals surface area (Å²) in [5.74, 6) is 1.67. The summed E-state index contributed by atoms with van der Waals surface area (Å²) in [5.41, 5.74) is 3.00. The summed E-state index contributed by atoms with van der Waals surface area (Å²) in [6.45, 7) is 6.40. The van der Waals surface area contributed by atoms with E-state index in [1.54, 1.807) is 25.8 Å². The van der Waals surface area contributed by atoms with Gasteiger partial charge in [0.2, 0.25) is 5.91 Å². The van der Waals surface area contributed by atoms with Crippen molar-refractivity contribution in [2.45, 2.75) is 38.8 Å².